The van der Waals surface area contributed by atoms with Crippen molar-refractivity contribution in [1.29, 1.82) is 0 Å². The predicted molar refractivity (Wildman–Crippen MR) is 132 cm³/mol. The van der Waals surface area contributed by atoms with Gasteiger partial charge in [-0.05, 0) is 75.1 Å². The van der Waals surface area contributed by atoms with Crippen LogP contribution in [0.1, 0.15) is 78.8 Å². The molecular weight excluding hydrogens is 432 g/mol. The number of rotatable bonds is 6. The number of carbonyl (C=O) groups is 1. The molecule has 1 saturated carbocycles. The second kappa shape index (κ2) is 9.98. The number of carbonyl (C=O) groups excluding carboxylic acids is 1. The van der Waals surface area contributed by atoms with Crippen molar-refractivity contribution in [3.05, 3.63) is 64.2 Å². The van der Waals surface area contributed by atoms with Crippen LogP contribution in [-0.4, -0.2) is 31.2 Å². The van der Waals surface area contributed by atoms with E-state index < -0.39 is 10.0 Å². The molecule has 0 saturated heterocycles. The predicted octanol–water partition coefficient (Wildman–Crippen LogP) is 5.13. The fourth-order valence-electron chi connectivity index (χ4n) is 5.76. The first-order valence-electron chi connectivity index (χ1n) is 12.2. The van der Waals surface area contributed by atoms with Crippen molar-refractivity contribution in [2.24, 2.45) is 0 Å². The summed E-state index contributed by atoms with van der Waals surface area (Å²) in [5, 5.41) is 3.16. The van der Waals surface area contributed by atoms with Crippen LogP contribution < -0.4 is 5.32 Å². The number of amides is 1. The van der Waals surface area contributed by atoms with Gasteiger partial charge in [-0.3, -0.25) is 4.79 Å². The summed E-state index contributed by atoms with van der Waals surface area (Å²) in [7, 11) is -3.80. The van der Waals surface area contributed by atoms with Crippen molar-refractivity contribution in [1.82, 2.24) is 9.62 Å². The molecule has 1 fully saturated rings. The van der Waals surface area contributed by atoms with Gasteiger partial charge in [0, 0.05) is 6.04 Å². The topological polar surface area (TPSA) is 66.5 Å². The Kier molecular flexibility index (Phi) is 7.25. The molecule has 0 radical (unpaired) electrons. The normalized spacial score (nSPS) is 19.3. The van der Waals surface area contributed by atoms with E-state index in [1.807, 2.05) is 45.0 Å². The maximum absolute atomic E-state index is 14.0. The highest BCUT2D eigenvalue weighted by atomic mass is 32.2. The van der Waals surface area contributed by atoms with Gasteiger partial charge in [-0.2, -0.15) is 4.31 Å². The Hall–Kier alpha value is -2.18. The first-order chi connectivity index (χ1) is 15.8. The molecule has 0 aromatic heterocycles. The quantitative estimate of drug-likeness (QED) is 0.639. The van der Waals surface area contributed by atoms with E-state index in [4.69, 9.17) is 0 Å². The van der Waals surface area contributed by atoms with Crippen LogP contribution in [0.4, 0.5) is 0 Å². The largest absolute Gasteiger partial charge is 0.348 e. The molecule has 2 aliphatic rings. The Balaban J connectivity index is 1.61. The third kappa shape index (κ3) is 5.17. The summed E-state index contributed by atoms with van der Waals surface area (Å²) in [6.07, 6.45) is 7.67. The summed E-state index contributed by atoms with van der Waals surface area (Å²) in [5.74, 6) is -0.215. The lowest BCUT2D eigenvalue weighted by atomic mass is 9.88. The van der Waals surface area contributed by atoms with Gasteiger partial charge in [0.1, 0.15) is 0 Å². The molecule has 0 aliphatic heterocycles. The van der Waals surface area contributed by atoms with E-state index in [9.17, 15) is 13.2 Å². The highest BCUT2D eigenvalue weighted by Gasteiger charge is 2.36. The standard InChI is InChI=1S/C27H36N2O3S/c1-19-16-20(2)27(21(3)17-19)33(31,32)29(23-12-5-4-6-13-23)18-26(30)28-25-15-9-11-22-10-7-8-14-24(22)25/h7-8,10,14,16-17,23,25H,4-6,9,11-13,15,18H2,1-3H3,(H,28,30)/t25-/m0/s1. The smallest absolute Gasteiger partial charge is 0.244 e. The molecular formula is C27H36N2O3S. The van der Waals surface area contributed by atoms with E-state index in [0.717, 1.165) is 73.6 Å². The van der Waals surface area contributed by atoms with Crippen LogP contribution in [0.15, 0.2) is 41.3 Å². The van der Waals surface area contributed by atoms with Crippen LogP contribution in [0.5, 0.6) is 0 Å². The minimum absolute atomic E-state index is 0.0544. The van der Waals surface area contributed by atoms with Gasteiger partial charge in [0.15, 0.2) is 0 Å². The minimum Gasteiger partial charge on any atom is -0.348 e. The molecule has 33 heavy (non-hydrogen) atoms. The molecule has 1 atom stereocenters. The van der Waals surface area contributed by atoms with Crippen molar-refractivity contribution in [2.75, 3.05) is 6.54 Å². The van der Waals surface area contributed by atoms with Crippen LogP contribution in [0.2, 0.25) is 0 Å². The number of benzene rings is 2. The van der Waals surface area contributed by atoms with E-state index in [1.165, 1.54) is 9.87 Å². The lowest BCUT2D eigenvalue weighted by Gasteiger charge is -2.34. The lowest BCUT2D eigenvalue weighted by molar-refractivity contribution is -0.122. The molecule has 0 heterocycles. The molecule has 6 heteroatoms. The van der Waals surface area contributed by atoms with Gasteiger partial charge in [0.05, 0.1) is 17.5 Å². The zero-order valence-corrected chi connectivity index (χ0v) is 20.9. The first kappa shape index (κ1) is 24.0. The van der Waals surface area contributed by atoms with E-state index >= 15 is 0 Å². The fourth-order valence-corrected chi connectivity index (χ4v) is 7.81. The molecule has 1 amide bonds. The molecule has 178 valence electrons. The number of nitrogens with one attached hydrogen (secondary N) is 1. The van der Waals surface area contributed by atoms with E-state index in [1.54, 1.807) is 0 Å². The highest BCUT2D eigenvalue weighted by Crippen LogP contribution is 2.32. The second-order valence-electron chi connectivity index (χ2n) is 9.78. The third-order valence-electron chi connectivity index (χ3n) is 7.16. The van der Waals surface area contributed by atoms with Crippen LogP contribution in [0, 0.1) is 20.8 Å². The Morgan fingerprint density at radius 3 is 2.33 bits per heavy atom. The molecule has 0 bridgehead atoms. The highest BCUT2D eigenvalue weighted by molar-refractivity contribution is 7.89. The SMILES string of the molecule is Cc1cc(C)c(S(=O)(=O)N(CC(=O)N[C@H]2CCCc3ccccc32)C2CCCCC2)c(C)c1. The third-order valence-corrected chi connectivity index (χ3v) is 9.36. The summed E-state index contributed by atoms with van der Waals surface area (Å²) in [4.78, 5) is 13.6. The average molecular weight is 469 g/mol. The molecule has 5 nitrogen and oxygen atoms in total. The van der Waals surface area contributed by atoms with Crippen molar-refractivity contribution in [3.63, 3.8) is 0 Å². The fraction of sp³-hybridized carbons (Fsp3) is 0.519. The van der Waals surface area contributed by atoms with Gasteiger partial charge in [0.25, 0.3) is 0 Å². The zero-order chi connectivity index (χ0) is 23.6. The molecule has 2 aromatic rings. The van der Waals surface area contributed by atoms with Gasteiger partial charge in [-0.25, -0.2) is 8.42 Å². The van der Waals surface area contributed by atoms with Gasteiger partial charge >= 0.3 is 0 Å². The van der Waals surface area contributed by atoms with E-state index in [-0.39, 0.29) is 24.5 Å². The number of sulfonamides is 1. The minimum atomic E-state index is -3.80. The molecule has 0 spiro atoms. The molecule has 2 aromatic carbocycles. The Bertz CT molecular complexity index is 1100. The molecule has 2 aliphatic carbocycles. The number of hydrogen-bond donors (Lipinski definition) is 1. The van der Waals surface area contributed by atoms with Gasteiger partial charge < -0.3 is 5.32 Å². The Morgan fingerprint density at radius 1 is 0.970 bits per heavy atom. The molecule has 0 unspecified atom stereocenters. The maximum atomic E-state index is 14.0. The van der Waals surface area contributed by atoms with E-state index in [0.29, 0.717) is 4.90 Å². The maximum Gasteiger partial charge on any atom is 0.244 e. The van der Waals surface area contributed by atoms with Crippen molar-refractivity contribution in [2.45, 2.75) is 89.1 Å². The Labute approximate surface area is 198 Å². The number of aryl methyl sites for hydroxylation is 4. The summed E-state index contributed by atoms with van der Waals surface area (Å²) in [6, 6.07) is 11.9. The second-order valence-corrected chi connectivity index (χ2v) is 11.6. The monoisotopic (exact) mass is 468 g/mol. The number of hydrogen-bond acceptors (Lipinski definition) is 3. The summed E-state index contributed by atoms with van der Waals surface area (Å²) in [6.45, 7) is 5.55. The van der Waals surface area contributed by atoms with Crippen molar-refractivity contribution in [3.8, 4) is 0 Å². The number of nitrogens with zero attached hydrogens (tertiary/aromatic N) is 1. The van der Waals surface area contributed by atoms with Crippen LogP contribution in [-0.2, 0) is 21.2 Å². The van der Waals surface area contributed by atoms with Crippen molar-refractivity contribution >= 4 is 15.9 Å². The number of fused-ring (bicyclic) bond motifs is 1. The molecule has 1 N–H and O–H groups in total. The van der Waals surface area contributed by atoms with E-state index in [2.05, 4.69) is 17.4 Å². The lowest BCUT2D eigenvalue weighted by Crippen LogP contribution is -2.48. The Morgan fingerprint density at radius 2 is 1.64 bits per heavy atom. The summed E-state index contributed by atoms with van der Waals surface area (Å²) < 4.78 is 29.4. The van der Waals surface area contributed by atoms with Crippen molar-refractivity contribution < 1.29 is 13.2 Å². The van der Waals surface area contributed by atoms with Crippen LogP contribution in [0.25, 0.3) is 0 Å². The van der Waals surface area contributed by atoms with Gasteiger partial charge in [-0.15, -0.1) is 0 Å². The average Bonchev–Trinajstić information content (AvgIpc) is 2.77. The summed E-state index contributed by atoms with van der Waals surface area (Å²) in [5.41, 5.74) is 4.97. The zero-order valence-electron chi connectivity index (χ0n) is 20.1. The summed E-state index contributed by atoms with van der Waals surface area (Å²) >= 11 is 0. The van der Waals surface area contributed by atoms with Crippen LogP contribution in [0.3, 0.4) is 0 Å². The first-order valence-corrected chi connectivity index (χ1v) is 13.7. The van der Waals surface area contributed by atoms with Crippen LogP contribution >= 0.6 is 0 Å². The molecule has 4 rings (SSSR count). The van der Waals surface area contributed by atoms with Gasteiger partial charge in [-0.1, -0.05) is 61.2 Å². The van der Waals surface area contributed by atoms with Gasteiger partial charge in [0.2, 0.25) is 15.9 Å².